The Morgan fingerprint density at radius 2 is 0.840 bits per heavy atom. The molecule has 50 heavy (non-hydrogen) atoms. The minimum atomic E-state index is -0.491. The van der Waals surface area contributed by atoms with Gasteiger partial charge in [0.25, 0.3) is 0 Å². The fourth-order valence-corrected chi connectivity index (χ4v) is 6.63. The Bertz CT molecular complexity index is 754. The summed E-state index contributed by atoms with van der Waals surface area (Å²) < 4.78 is 11.6. The lowest BCUT2D eigenvalue weighted by molar-refractivity contribution is -0.155. The van der Waals surface area contributed by atoms with Gasteiger partial charge in [0, 0.05) is 19.4 Å². The van der Waals surface area contributed by atoms with Gasteiger partial charge in [-0.3, -0.25) is 9.59 Å². The standard InChI is InChI=1S/C44H84N2O4/c1-5-7-9-11-13-15-17-19-21-23-25-27-29-31-33-35-42(47)49-40-44(37-38-45,39-46(3)4)41-50-43(48)36-34-32-30-28-26-24-22-20-18-16-14-12-10-8-6-2/h19-22H,5-18,23-41,45H2,1-4H3/b21-19-,22-20-. The van der Waals surface area contributed by atoms with E-state index in [1.807, 2.05) is 14.1 Å². The molecular weight excluding hydrogens is 620 g/mol. The molecule has 0 aromatic carbocycles. The highest BCUT2D eigenvalue weighted by Crippen LogP contribution is 2.25. The van der Waals surface area contributed by atoms with Crippen LogP contribution in [0.15, 0.2) is 24.3 Å². The number of carbonyl (C=O) groups is 2. The van der Waals surface area contributed by atoms with Gasteiger partial charge in [-0.25, -0.2) is 0 Å². The minimum absolute atomic E-state index is 0.164. The van der Waals surface area contributed by atoms with Crippen molar-refractivity contribution in [2.45, 2.75) is 200 Å². The molecule has 0 saturated carbocycles. The molecule has 0 aromatic heterocycles. The molecule has 0 radical (unpaired) electrons. The quantitative estimate of drug-likeness (QED) is 0.0391. The van der Waals surface area contributed by atoms with Crippen LogP contribution in [-0.2, 0) is 19.1 Å². The molecule has 0 bridgehead atoms. The summed E-state index contributed by atoms with van der Waals surface area (Å²) in [6.07, 6.45) is 43.0. The molecule has 294 valence electrons. The predicted molar refractivity (Wildman–Crippen MR) is 215 cm³/mol. The average molecular weight is 705 g/mol. The minimum Gasteiger partial charge on any atom is -0.465 e. The predicted octanol–water partition coefficient (Wildman–Crippen LogP) is 12.0. The van der Waals surface area contributed by atoms with Crippen LogP contribution in [0.3, 0.4) is 0 Å². The molecule has 0 spiro atoms. The van der Waals surface area contributed by atoms with E-state index in [1.165, 1.54) is 116 Å². The second kappa shape index (κ2) is 37.1. The molecule has 0 aliphatic rings. The number of rotatable bonds is 38. The SMILES string of the molecule is CCCCCCCC/C=C\CCCCCCCC(=O)OCC(CCN)(COC(=O)CCCCCCC/C=C\CCCCCCCC)CN(C)C. The molecule has 0 unspecified atom stereocenters. The van der Waals surface area contributed by atoms with E-state index in [-0.39, 0.29) is 25.2 Å². The topological polar surface area (TPSA) is 81.9 Å². The first-order valence-corrected chi connectivity index (χ1v) is 21.3. The molecule has 0 fully saturated rings. The van der Waals surface area contributed by atoms with Crippen molar-refractivity contribution >= 4 is 11.9 Å². The highest BCUT2D eigenvalue weighted by molar-refractivity contribution is 5.69. The van der Waals surface area contributed by atoms with Crippen LogP contribution in [0, 0.1) is 5.41 Å². The van der Waals surface area contributed by atoms with Gasteiger partial charge in [-0.05, 0) is 91.3 Å². The molecule has 0 saturated heterocycles. The lowest BCUT2D eigenvalue weighted by Crippen LogP contribution is -2.44. The lowest BCUT2D eigenvalue weighted by atomic mass is 9.85. The Hall–Kier alpha value is -1.66. The number of hydrogen-bond donors (Lipinski definition) is 1. The number of hydrogen-bond acceptors (Lipinski definition) is 6. The van der Waals surface area contributed by atoms with E-state index in [0.29, 0.717) is 32.4 Å². The van der Waals surface area contributed by atoms with Gasteiger partial charge >= 0.3 is 11.9 Å². The van der Waals surface area contributed by atoms with Crippen LogP contribution in [0.25, 0.3) is 0 Å². The average Bonchev–Trinajstić information content (AvgIpc) is 3.09. The summed E-state index contributed by atoms with van der Waals surface area (Å²) >= 11 is 0. The van der Waals surface area contributed by atoms with E-state index in [4.69, 9.17) is 15.2 Å². The number of nitrogens with two attached hydrogens (primary N) is 1. The maximum absolute atomic E-state index is 12.6. The number of carbonyl (C=O) groups excluding carboxylic acids is 2. The van der Waals surface area contributed by atoms with Gasteiger partial charge in [-0.2, -0.15) is 0 Å². The van der Waals surface area contributed by atoms with Crippen LogP contribution in [0.2, 0.25) is 0 Å². The van der Waals surface area contributed by atoms with Crippen LogP contribution in [-0.4, -0.2) is 57.2 Å². The molecule has 6 heteroatoms. The van der Waals surface area contributed by atoms with Crippen molar-refractivity contribution in [3.05, 3.63) is 24.3 Å². The summed E-state index contributed by atoms with van der Waals surface area (Å²) in [5, 5.41) is 0. The third-order valence-electron chi connectivity index (χ3n) is 9.69. The van der Waals surface area contributed by atoms with Crippen molar-refractivity contribution in [3.63, 3.8) is 0 Å². The van der Waals surface area contributed by atoms with Crippen molar-refractivity contribution in [1.82, 2.24) is 4.90 Å². The van der Waals surface area contributed by atoms with Gasteiger partial charge < -0.3 is 20.1 Å². The summed E-state index contributed by atoms with van der Waals surface area (Å²) in [5.41, 5.74) is 5.50. The smallest absolute Gasteiger partial charge is 0.305 e. The second-order valence-electron chi connectivity index (χ2n) is 15.3. The normalized spacial score (nSPS) is 12.1. The van der Waals surface area contributed by atoms with E-state index in [0.717, 1.165) is 51.4 Å². The summed E-state index contributed by atoms with van der Waals surface area (Å²) in [7, 11) is 3.98. The molecule has 0 heterocycles. The van der Waals surface area contributed by atoms with Crippen LogP contribution in [0.4, 0.5) is 0 Å². The zero-order valence-corrected chi connectivity index (χ0v) is 33.8. The summed E-state index contributed by atoms with van der Waals surface area (Å²) in [6, 6.07) is 0. The maximum atomic E-state index is 12.6. The van der Waals surface area contributed by atoms with Gasteiger partial charge in [-0.1, -0.05) is 141 Å². The molecule has 0 amide bonds. The monoisotopic (exact) mass is 705 g/mol. The van der Waals surface area contributed by atoms with Crippen molar-refractivity contribution in [3.8, 4) is 0 Å². The van der Waals surface area contributed by atoms with Crippen LogP contribution < -0.4 is 5.73 Å². The number of allylic oxidation sites excluding steroid dienone is 4. The van der Waals surface area contributed by atoms with E-state index < -0.39 is 5.41 Å². The third-order valence-corrected chi connectivity index (χ3v) is 9.69. The second-order valence-corrected chi connectivity index (χ2v) is 15.3. The zero-order valence-electron chi connectivity index (χ0n) is 33.8. The molecular formula is C44H84N2O4. The Labute approximate surface area is 311 Å². The van der Waals surface area contributed by atoms with Crippen LogP contribution in [0.1, 0.15) is 200 Å². The fourth-order valence-electron chi connectivity index (χ4n) is 6.63. The summed E-state index contributed by atoms with van der Waals surface area (Å²) in [6.45, 7) is 6.08. The van der Waals surface area contributed by atoms with Crippen molar-refractivity contribution in [1.29, 1.82) is 0 Å². The summed E-state index contributed by atoms with van der Waals surface area (Å²) in [4.78, 5) is 27.3. The Balaban J connectivity index is 4.12. The van der Waals surface area contributed by atoms with Gasteiger partial charge in [0.2, 0.25) is 0 Å². The van der Waals surface area contributed by atoms with Gasteiger partial charge in [0.15, 0.2) is 0 Å². The first-order chi connectivity index (χ1) is 24.4. The van der Waals surface area contributed by atoms with E-state index in [2.05, 4.69) is 43.1 Å². The lowest BCUT2D eigenvalue weighted by Gasteiger charge is -2.35. The van der Waals surface area contributed by atoms with E-state index in [1.54, 1.807) is 0 Å². The number of nitrogens with zero attached hydrogens (tertiary/aromatic N) is 1. The van der Waals surface area contributed by atoms with Gasteiger partial charge in [0.05, 0.1) is 5.41 Å². The largest absolute Gasteiger partial charge is 0.465 e. The molecule has 0 aromatic rings. The summed E-state index contributed by atoms with van der Waals surface area (Å²) in [5.74, 6) is -0.329. The van der Waals surface area contributed by atoms with E-state index in [9.17, 15) is 9.59 Å². The zero-order chi connectivity index (χ0) is 36.8. The van der Waals surface area contributed by atoms with Gasteiger partial charge in [-0.15, -0.1) is 0 Å². The molecule has 2 N–H and O–H groups in total. The number of ether oxygens (including phenoxy) is 2. The van der Waals surface area contributed by atoms with Crippen LogP contribution >= 0.6 is 0 Å². The Morgan fingerprint density at radius 3 is 1.16 bits per heavy atom. The number of esters is 2. The molecule has 0 atom stereocenters. The van der Waals surface area contributed by atoms with Crippen molar-refractivity contribution < 1.29 is 19.1 Å². The Kier molecular flexibility index (Phi) is 35.9. The molecule has 0 aliphatic heterocycles. The highest BCUT2D eigenvalue weighted by Gasteiger charge is 2.34. The van der Waals surface area contributed by atoms with Crippen molar-refractivity contribution in [2.75, 3.05) is 40.4 Å². The van der Waals surface area contributed by atoms with Crippen LogP contribution in [0.5, 0.6) is 0 Å². The van der Waals surface area contributed by atoms with Crippen molar-refractivity contribution in [2.24, 2.45) is 11.1 Å². The first kappa shape index (κ1) is 48.3. The molecule has 6 nitrogen and oxygen atoms in total. The first-order valence-electron chi connectivity index (χ1n) is 21.3. The highest BCUT2D eigenvalue weighted by atomic mass is 16.5. The maximum Gasteiger partial charge on any atom is 0.305 e. The number of unbranched alkanes of at least 4 members (excludes halogenated alkanes) is 22. The third kappa shape index (κ3) is 33.5. The molecule has 0 aliphatic carbocycles. The van der Waals surface area contributed by atoms with Gasteiger partial charge in [0.1, 0.15) is 13.2 Å². The van der Waals surface area contributed by atoms with E-state index >= 15 is 0 Å². The fraction of sp³-hybridized carbons (Fsp3) is 0.864. The molecule has 0 rings (SSSR count). The Morgan fingerprint density at radius 1 is 0.520 bits per heavy atom.